The van der Waals surface area contributed by atoms with Crippen molar-refractivity contribution in [1.29, 1.82) is 0 Å². The molecule has 0 bridgehead atoms. The molecule has 7 heteroatoms. The van der Waals surface area contributed by atoms with Crippen molar-refractivity contribution < 1.29 is 9.53 Å². The first-order valence-corrected chi connectivity index (χ1v) is 8.73. The maximum Gasteiger partial charge on any atom is 0.327 e. The van der Waals surface area contributed by atoms with Crippen LogP contribution in [0.15, 0.2) is 30.9 Å². The predicted molar refractivity (Wildman–Crippen MR) is 92.9 cm³/mol. The fourth-order valence-corrected chi connectivity index (χ4v) is 3.50. The average Bonchev–Trinajstić information content (AvgIpc) is 3.13. The van der Waals surface area contributed by atoms with Crippen LogP contribution in [0.1, 0.15) is 56.1 Å². The Bertz CT molecular complexity index is 693. The largest absolute Gasteiger partial charge is 0.468 e. The maximum atomic E-state index is 12.3. The number of nitrogens with zero attached hydrogens (tertiary/aromatic N) is 5. The summed E-state index contributed by atoms with van der Waals surface area (Å²) in [5.41, 5.74) is 0.873. The normalized spacial score (nSPS) is 17.6. The van der Waals surface area contributed by atoms with E-state index >= 15 is 0 Å². The molecule has 7 nitrogen and oxygen atoms in total. The van der Waals surface area contributed by atoms with Crippen LogP contribution >= 0.6 is 0 Å². The molecule has 0 saturated carbocycles. The second-order valence-electron chi connectivity index (χ2n) is 6.71. The zero-order chi connectivity index (χ0) is 17.8. The molecule has 25 heavy (non-hydrogen) atoms. The molecule has 2 aromatic heterocycles. The smallest absolute Gasteiger partial charge is 0.327 e. The summed E-state index contributed by atoms with van der Waals surface area (Å²) in [5, 5.41) is 8.41. The van der Waals surface area contributed by atoms with Gasteiger partial charge in [0.25, 0.3) is 0 Å². The summed E-state index contributed by atoms with van der Waals surface area (Å²) in [6.07, 6.45) is 7.14. The van der Waals surface area contributed by atoms with Crippen molar-refractivity contribution in [2.75, 3.05) is 20.2 Å². The summed E-state index contributed by atoms with van der Waals surface area (Å²) in [6.45, 7) is 5.89. The number of hydrogen-bond acceptors (Lipinski definition) is 6. The summed E-state index contributed by atoms with van der Waals surface area (Å²) in [7, 11) is 1.43. The van der Waals surface area contributed by atoms with Gasteiger partial charge < -0.3 is 9.30 Å². The Morgan fingerprint density at radius 1 is 1.32 bits per heavy atom. The number of ether oxygens (including phenoxy) is 1. The van der Waals surface area contributed by atoms with Crippen molar-refractivity contribution in [2.24, 2.45) is 0 Å². The van der Waals surface area contributed by atoms with Crippen molar-refractivity contribution in [3.05, 3.63) is 42.2 Å². The van der Waals surface area contributed by atoms with E-state index < -0.39 is 6.04 Å². The molecule has 1 aliphatic heterocycles. The fraction of sp³-hybridized carbons (Fsp3) is 0.556. The Balaban J connectivity index is 1.73. The number of methoxy groups -OCH3 is 1. The molecule has 1 fully saturated rings. The predicted octanol–water partition coefficient (Wildman–Crippen LogP) is 2.35. The highest BCUT2D eigenvalue weighted by Crippen LogP contribution is 2.32. The number of pyridine rings is 1. The highest BCUT2D eigenvalue weighted by Gasteiger charge is 2.33. The molecule has 2 aromatic rings. The Morgan fingerprint density at radius 2 is 2.08 bits per heavy atom. The van der Waals surface area contributed by atoms with Crippen molar-refractivity contribution in [1.82, 2.24) is 24.6 Å². The van der Waals surface area contributed by atoms with Gasteiger partial charge in [0, 0.05) is 24.4 Å². The Morgan fingerprint density at radius 3 is 2.68 bits per heavy atom. The second-order valence-corrected chi connectivity index (χ2v) is 6.71. The zero-order valence-electron chi connectivity index (χ0n) is 15.0. The molecule has 134 valence electrons. The van der Waals surface area contributed by atoms with Gasteiger partial charge in [-0.2, -0.15) is 0 Å². The lowest BCUT2D eigenvalue weighted by Gasteiger charge is -2.36. The highest BCUT2D eigenvalue weighted by molar-refractivity contribution is 5.77. The van der Waals surface area contributed by atoms with Gasteiger partial charge in [0.05, 0.1) is 7.11 Å². The number of hydrogen-bond donors (Lipinski definition) is 0. The van der Waals surface area contributed by atoms with E-state index in [1.807, 2.05) is 12.1 Å². The van der Waals surface area contributed by atoms with E-state index in [-0.39, 0.29) is 5.97 Å². The Labute approximate surface area is 148 Å². The van der Waals surface area contributed by atoms with E-state index in [2.05, 4.69) is 38.5 Å². The summed E-state index contributed by atoms with van der Waals surface area (Å²) in [5.74, 6) is 1.18. The third-order valence-corrected chi connectivity index (χ3v) is 4.84. The lowest BCUT2D eigenvalue weighted by Crippen LogP contribution is -2.40. The summed E-state index contributed by atoms with van der Waals surface area (Å²) in [4.78, 5) is 18.7. The van der Waals surface area contributed by atoms with Crippen molar-refractivity contribution in [3.63, 3.8) is 0 Å². The van der Waals surface area contributed by atoms with Gasteiger partial charge in [-0.25, -0.2) is 4.79 Å². The third kappa shape index (κ3) is 3.71. The molecule has 0 N–H and O–H groups in total. The topological polar surface area (TPSA) is 73.1 Å². The lowest BCUT2D eigenvalue weighted by atomic mass is 9.93. The minimum atomic E-state index is -0.400. The van der Waals surface area contributed by atoms with Crippen LogP contribution in [0.4, 0.5) is 0 Å². The number of rotatable bonds is 5. The van der Waals surface area contributed by atoms with E-state index in [1.165, 1.54) is 7.11 Å². The SMILES string of the molecule is COC(=O)[C@@H](c1cccnc1)N1CCC(c2nncn2C(C)C)CC1. The molecule has 3 rings (SSSR count). The van der Waals surface area contributed by atoms with E-state index in [9.17, 15) is 4.79 Å². The number of esters is 1. The molecule has 1 atom stereocenters. The van der Waals surface area contributed by atoms with Crippen LogP contribution in [0.5, 0.6) is 0 Å². The number of carbonyl (C=O) groups excluding carboxylic acids is 1. The number of aromatic nitrogens is 4. The van der Waals surface area contributed by atoms with Crippen LogP contribution in [0, 0.1) is 0 Å². The van der Waals surface area contributed by atoms with Gasteiger partial charge in [0.15, 0.2) is 0 Å². The van der Waals surface area contributed by atoms with Crippen LogP contribution in [0.25, 0.3) is 0 Å². The van der Waals surface area contributed by atoms with Crippen LogP contribution < -0.4 is 0 Å². The van der Waals surface area contributed by atoms with Crippen LogP contribution in [-0.2, 0) is 9.53 Å². The second kappa shape index (κ2) is 7.74. The summed E-state index contributed by atoms with van der Waals surface area (Å²) in [6, 6.07) is 3.73. The van der Waals surface area contributed by atoms with Crippen molar-refractivity contribution in [3.8, 4) is 0 Å². The zero-order valence-corrected chi connectivity index (χ0v) is 15.0. The molecular weight excluding hydrogens is 318 g/mol. The molecule has 1 saturated heterocycles. The standard InChI is InChI=1S/C18H25N5O2/c1-13(2)23-12-20-21-17(23)14-6-9-22(10-7-14)16(18(24)25-3)15-5-4-8-19-11-15/h4-5,8,11-14,16H,6-7,9-10H2,1-3H3/t16-/m1/s1. The van der Waals surface area contributed by atoms with Crippen LogP contribution in [0.3, 0.4) is 0 Å². The van der Waals surface area contributed by atoms with Crippen molar-refractivity contribution in [2.45, 2.75) is 44.7 Å². The van der Waals surface area contributed by atoms with Crippen LogP contribution in [-0.4, -0.2) is 50.8 Å². The quantitative estimate of drug-likeness (QED) is 0.776. The highest BCUT2D eigenvalue weighted by atomic mass is 16.5. The molecule has 0 aliphatic carbocycles. The van der Waals surface area contributed by atoms with Gasteiger partial charge in [-0.05, 0) is 51.4 Å². The minimum absolute atomic E-state index is 0.239. The third-order valence-electron chi connectivity index (χ3n) is 4.84. The number of piperidine rings is 1. The summed E-state index contributed by atoms with van der Waals surface area (Å²) < 4.78 is 7.17. The molecular formula is C18H25N5O2. The van der Waals surface area contributed by atoms with Gasteiger partial charge in [-0.3, -0.25) is 9.88 Å². The van der Waals surface area contributed by atoms with Gasteiger partial charge in [0.2, 0.25) is 0 Å². The number of carbonyl (C=O) groups is 1. The molecule has 1 aliphatic rings. The average molecular weight is 343 g/mol. The maximum absolute atomic E-state index is 12.3. The van der Waals surface area contributed by atoms with E-state index in [1.54, 1.807) is 18.7 Å². The van der Waals surface area contributed by atoms with Gasteiger partial charge >= 0.3 is 5.97 Å². The monoisotopic (exact) mass is 343 g/mol. The first-order chi connectivity index (χ1) is 12.1. The molecule has 0 amide bonds. The number of likely N-dealkylation sites (tertiary alicyclic amines) is 1. The molecule has 0 unspecified atom stereocenters. The minimum Gasteiger partial charge on any atom is -0.468 e. The molecule has 3 heterocycles. The first kappa shape index (κ1) is 17.5. The summed E-state index contributed by atoms with van der Waals surface area (Å²) >= 11 is 0. The molecule has 0 spiro atoms. The van der Waals surface area contributed by atoms with Gasteiger partial charge in [-0.15, -0.1) is 10.2 Å². The molecule has 0 aromatic carbocycles. The van der Waals surface area contributed by atoms with Gasteiger partial charge in [-0.1, -0.05) is 6.07 Å². The van der Waals surface area contributed by atoms with Crippen molar-refractivity contribution >= 4 is 5.97 Å². The lowest BCUT2D eigenvalue weighted by molar-refractivity contribution is -0.147. The van der Waals surface area contributed by atoms with Crippen LogP contribution in [0.2, 0.25) is 0 Å². The van der Waals surface area contributed by atoms with E-state index in [0.29, 0.717) is 12.0 Å². The Kier molecular flexibility index (Phi) is 5.43. The van der Waals surface area contributed by atoms with E-state index in [4.69, 9.17) is 4.74 Å². The Hall–Kier alpha value is -2.28. The fourth-order valence-electron chi connectivity index (χ4n) is 3.50. The van der Waals surface area contributed by atoms with E-state index in [0.717, 1.165) is 37.3 Å². The first-order valence-electron chi connectivity index (χ1n) is 8.73. The van der Waals surface area contributed by atoms with Gasteiger partial charge in [0.1, 0.15) is 18.2 Å². The molecule has 0 radical (unpaired) electrons.